The molecule has 1 N–H and O–H groups in total. The molecule has 0 saturated carbocycles. The van der Waals surface area contributed by atoms with Crippen LogP contribution < -0.4 is 5.32 Å². The number of rotatable bonds is 2. The van der Waals surface area contributed by atoms with Crippen LogP contribution in [0.2, 0.25) is 0 Å². The van der Waals surface area contributed by atoms with Crippen molar-refractivity contribution < 1.29 is 9.59 Å². The van der Waals surface area contributed by atoms with Gasteiger partial charge >= 0.3 is 0 Å². The SMILES string of the molecule is CN1CC(CC=C=O)NC1=C=O. The van der Waals surface area contributed by atoms with E-state index in [9.17, 15) is 9.59 Å². The molecule has 0 aromatic rings. The van der Waals surface area contributed by atoms with Gasteiger partial charge in [-0.1, -0.05) is 0 Å². The smallest absolute Gasteiger partial charge is 0.189 e. The van der Waals surface area contributed by atoms with Crippen LogP contribution >= 0.6 is 0 Å². The summed E-state index contributed by atoms with van der Waals surface area (Å²) in [5.41, 5.74) is 0. The maximum Gasteiger partial charge on any atom is 0.189 e. The van der Waals surface area contributed by atoms with Crippen LogP contribution in [0.25, 0.3) is 0 Å². The maximum atomic E-state index is 10.3. The van der Waals surface area contributed by atoms with Crippen molar-refractivity contribution in [3.8, 4) is 0 Å². The van der Waals surface area contributed by atoms with E-state index >= 15 is 0 Å². The fourth-order valence-corrected chi connectivity index (χ4v) is 1.20. The largest absolute Gasteiger partial charge is 0.358 e. The van der Waals surface area contributed by atoms with Gasteiger partial charge in [-0.25, -0.2) is 9.59 Å². The molecule has 64 valence electrons. The van der Waals surface area contributed by atoms with Gasteiger partial charge in [0, 0.05) is 25.7 Å². The highest BCUT2D eigenvalue weighted by molar-refractivity contribution is 5.52. The van der Waals surface area contributed by atoms with Gasteiger partial charge in [0.25, 0.3) is 0 Å². The molecule has 1 aliphatic heterocycles. The summed E-state index contributed by atoms with van der Waals surface area (Å²) in [5, 5.41) is 2.93. The molecule has 1 rings (SSSR count). The summed E-state index contributed by atoms with van der Waals surface area (Å²) >= 11 is 0. The first-order chi connectivity index (χ1) is 5.77. The molecule has 0 bridgehead atoms. The molecule has 0 amide bonds. The quantitative estimate of drug-likeness (QED) is 0.553. The Morgan fingerprint density at radius 3 is 3.00 bits per heavy atom. The van der Waals surface area contributed by atoms with E-state index in [4.69, 9.17) is 0 Å². The Morgan fingerprint density at radius 1 is 1.75 bits per heavy atom. The molecule has 0 aliphatic carbocycles. The van der Waals surface area contributed by atoms with Crippen LogP contribution in [0.4, 0.5) is 0 Å². The van der Waals surface area contributed by atoms with Gasteiger partial charge in [-0.3, -0.25) is 0 Å². The Balaban J connectivity index is 2.54. The molecule has 0 radical (unpaired) electrons. The van der Waals surface area contributed by atoms with E-state index < -0.39 is 0 Å². The highest BCUT2D eigenvalue weighted by Crippen LogP contribution is 2.09. The number of carbonyl (C=O) groups excluding carboxylic acids is 2. The molecule has 1 atom stereocenters. The Hall–Kier alpha value is -1.50. The van der Waals surface area contributed by atoms with Crippen LogP contribution in [-0.2, 0) is 9.59 Å². The zero-order valence-corrected chi connectivity index (χ0v) is 6.83. The number of hydrogen-bond acceptors (Lipinski definition) is 4. The van der Waals surface area contributed by atoms with E-state index in [1.54, 1.807) is 23.8 Å². The number of likely N-dealkylation sites (N-methyl/N-ethyl adjacent to an activating group) is 1. The third kappa shape index (κ3) is 1.76. The summed E-state index contributed by atoms with van der Waals surface area (Å²) in [4.78, 5) is 21.9. The molecule has 1 heterocycles. The van der Waals surface area contributed by atoms with Crippen LogP contribution in [0.15, 0.2) is 11.9 Å². The average Bonchev–Trinajstić information content (AvgIpc) is 2.43. The predicted molar refractivity (Wildman–Crippen MR) is 43.6 cm³/mol. The third-order valence-corrected chi connectivity index (χ3v) is 1.80. The second kappa shape index (κ2) is 3.77. The molecule has 0 aromatic carbocycles. The van der Waals surface area contributed by atoms with Gasteiger partial charge in [-0.2, -0.15) is 0 Å². The molecule has 12 heavy (non-hydrogen) atoms. The van der Waals surface area contributed by atoms with E-state index in [1.165, 1.54) is 6.08 Å². The van der Waals surface area contributed by atoms with Gasteiger partial charge in [-0.15, -0.1) is 0 Å². The van der Waals surface area contributed by atoms with Crippen molar-refractivity contribution in [2.75, 3.05) is 13.6 Å². The summed E-state index contributed by atoms with van der Waals surface area (Å²) in [6.45, 7) is 0.725. The summed E-state index contributed by atoms with van der Waals surface area (Å²) in [6, 6.07) is 0.132. The first-order valence-electron chi connectivity index (χ1n) is 3.70. The number of nitrogens with one attached hydrogen (secondary N) is 1. The van der Waals surface area contributed by atoms with Crippen molar-refractivity contribution in [2.24, 2.45) is 0 Å². The fraction of sp³-hybridized carbons (Fsp3) is 0.500. The lowest BCUT2D eigenvalue weighted by Gasteiger charge is -2.05. The lowest BCUT2D eigenvalue weighted by atomic mass is 10.2. The van der Waals surface area contributed by atoms with Crippen molar-refractivity contribution in [3.63, 3.8) is 0 Å². The van der Waals surface area contributed by atoms with Crippen molar-refractivity contribution >= 4 is 11.9 Å². The van der Waals surface area contributed by atoms with Gasteiger partial charge in [0.15, 0.2) is 11.8 Å². The summed E-state index contributed by atoms with van der Waals surface area (Å²) < 4.78 is 0. The third-order valence-electron chi connectivity index (χ3n) is 1.80. The van der Waals surface area contributed by atoms with Crippen molar-refractivity contribution in [1.82, 2.24) is 10.2 Å². The van der Waals surface area contributed by atoms with Crippen LogP contribution in [0, 0.1) is 0 Å². The first-order valence-corrected chi connectivity index (χ1v) is 3.70. The van der Waals surface area contributed by atoms with Crippen molar-refractivity contribution in [3.05, 3.63) is 11.9 Å². The molecule has 0 aromatic heterocycles. The van der Waals surface area contributed by atoms with Gasteiger partial charge in [0.2, 0.25) is 0 Å². The van der Waals surface area contributed by atoms with Crippen molar-refractivity contribution in [2.45, 2.75) is 12.5 Å². The zero-order chi connectivity index (χ0) is 8.97. The highest BCUT2D eigenvalue weighted by atomic mass is 16.1. The van der Waals surface area contributed by atoms with E-state index in [1.807, 2.05) is 0 Å². The van der Waals surface area contributed by atoms with Gasteiger partial charge in [0.05, 0.1) is 0 Å². The minimum absolute atomic E-state index is 0.132. The van der Waals surface area contributed by atoms with E-state index in [0.29, 0.717) is 12.2 Å². The second-order valence-corrected chi connectivity index (χ2v) is 2.73. The van der Waals surface area contributed by atoms with Gasteiger partial charge in [-0.05, 0) is 6.42 Å². The molecule has 1 unspecified atom stereocenters. The fourth-order valence-electron chi connectivity index (χ4n) is 1.20. The Morgan fingerprint density at radius 2 is 2.50 bits per heavy atom. The number of nitrogens with zero attached hydrogens (tertiary/aromatic N) is 1. The van der Waals surface area contributed by atoms with Gasteiger partial charge < -0.3 is 10.2 Å². The van der Waals surface area contributed by atoms with Crippen LogP contribution in [-0.4, -0.2) is 36.4 Å². The minimum atomic E-state index is 0.132. The monoisotopic (exact) mass is 166 g/mol. The van der Waals surface area contributed by atoms with Gasteiger partial charge in [0.1, 0.15) is 5.94 Å². The highest BCUT2D eigenvalue weighted by Gasteiger charge is 2.22. The van der Waals surface area contributed by atoms with Crippen LogP contribution in [0.5, 0.6) is 0 Å². The zero-order valence-electron chi connectivity index (χ0n) is 6.83. The van der Waals surface area contributed by atoms with Crippen LogP contribution in [0.3, 0.4) is 0 Å². The lowest BCUT2D eigenvalue weighted by molar-refractivity contribution is 0.462. The molecular formula is C8H10N2O2. The summed E-state index contributed by atoms with van der Waals surface area (Å²) in [7, 11) is 1.80. The molecule has 4 heteroatoms. The molecular weight excluding hydrogens is 156 g/mol. The second-order valence-electron chi connectivity index (χ2n) is 2.73. The van der Waals surface area contributed by atoms with E-state index in [-0.39, 0.29) is 6.04 Å². The molecule has 1 aliphatic rings. The molecule has 1 saturated heterocycles. The van der Waals surface area contributed by atoms with E-state index in [0.717, 1.165) is 6.54 Å². The van der Waals surface area contributed by atoms with Crippen molar-refractivity contribution in [1.29, 1.82) is 0 Å². The predicted octanol–water partition coefficient (Wildman–Crippen LogP) is -0.659. The van der Waals surface area contributed by atoms with Crippen LogP contribution in [0.1, 0.15) is 6.42 Å². The van der Waals surface area contributed by atoms with E-state index in [2.05, 4.69) is 5.32 Å². The first kappa shape index (κ1) is 8.60. The topological polar surface area (TPSA) is 49.4 Å². The number of hydrogen-bond donors (Lipinski definition) is 1. The molecule has 0 spiro atoms. The summed E-state index contributed by atoms with van der Waals surface area (Å²) in [6.07, 6.45) is 2.01. The Labute approximate surface area is 70.5 Å². The Kier molecular flexibility index (Phi) is 2.70. The maximum absolute atomic E-state index is 10.3. The average molecular weight is 166 g/mol. The normalized spacial score (nSPS) is 21.2. The lowest BCUT2D eigenvalue weighted by Crippen LogP contribution is -2.21. The standard InChI is InChI=1S/C8H10N2O2/c1-10-5-7(3-2-4-11)9-8(10)6-12/h2,7,9H,3,5H2,1H3. The Bertz CT molecular complexity index is 262. The molecule has 1 fully saturated rings. The minimum Gasteiger partial charge on any atom is -0.358 e. The molecule has 4 nitrogen and oxygen atoms in total. The summed E-state index contributed by atoms with van der Waals surface area (Å²) in [5.74, 6) is 3.95.